The Kier molecular flexibility index (Phi) is 14.0. The smallest absolute Gasteiger partial charge is 0.153 e. The van der Waals surface area contributed by atoms with Gasteiger partial charge in [-0.15, -0.1) is 6.42 Å². The van der Waals surface area contributed by atoms with Gasteiger partial charge in [0.1, 0.15) is 0 Å². The molecule has 0 amide bonds. The summed E-state index contributed by atoms with van der Waals surface area (Å²) in [6, 6.07) is 15.5. The van der Waals surface area contributed by atoms with Crippen molar-refractivity contribution in [2.24, 2.45) is 0 Å². The van der Waals surface area contributed by atoms with Gasteiger partial charge in [-0.05, 0) is 74.3 Å². The van der Waals surface area contributed by atoms with Gasteiger partial charge in [-0.3, -0.25) is 4.79 Å². The van der Waals surface area contributed by atoms with Crippen LogP contribution in [0.1, 0.15) is 21.5 Å². The van der Waals surface area contributed by atoms with E-state index in [4.69, 9.17) is 76.0 Å². The summed E-state index contributed by atoms with van der Waals surface area (Å²) in [5.41, 5.74) is 1.72. The lowest BCUT2D eigenvalue weighted by Gasteiger charge is -2.00. The molecule has 0 fully saturated rings. The van der Waals surface area contributed by atoms with E-state index < -0.39 is 0 Å². The van der Waals surface area contributed by atoms with Crippen molar-refractivity contribution < 1.29 is 4.79 Å². The summed E-state index contributed by atoms with van der Waals surface area (Å²) < 4.78 is 0.810. The monoisotopic (exact) mass is 672 g/mol. The summed E-state index contributed by atoms with van der Waals surface area (Å²) in [6.45, 7) is 0. The molecule has 0 aromatic heterocycles. The number of carbonyl (C=O) groups is 1. The maximum Gasteiger partial charge on any atom is 0.153 e. The van der Waals surface area contributed by atoms with Gasteiger partial charge in [0, 0.05) is 15.6 Å². The van der Waals surface area contributed by atoms with Crippen molar-refractivity contribution in [3.05, 3.63) is 105 Å². The van der Waals surface area contributed by atoms with Gasteiger partial charge in [0.2, 0.25) is 0 Å². The molecule has 9 heteroatoms. The Hall–Kier alpha value is -0.670. The SMILES string of the molecule is C#Cc1c(Cl)cccc1Cl.Clc1cccc(Cl)c1C=C(Br)Br.O=Cc1c(Cl)cccc1Cl. The van der Waals surface area contributed by atoms with Crippen LogP contribution in [-0.2, 0) is 0 Å². The standard InChI is InChI=1S/C8H4Br2Cl2.C8H4Cl2.C7H4Cl2O/c9-8(10)4-5-6(11)2-1-3-7(5)12;1-2-6-7(9)4-3-5-8(6)10;8-6-2-1-3-7(9)5(6)4-10/h1-4H;1,3-5H;1-4H. The largest absolute Gasteiger partial charge is 0.298 e. The predicted molar refractivity (Wildman–Crippen MR) is 149 cm³/mol. The molecule has 0 heterocycles. The normalized spacial score (nSPS) is 9.34. The molecule has 3 rings (SSSR count). The molecule has 0 N–H and O–H groups in total. The second-order valence-electron chi connectivity index (χ2n) is 5.56. The van der Waals surface area contributed by atoms with E-state index in [9.17, 15) is 4.79 Å². The molecule has 0 atom stereocenters. The van der Waals surface area contributed by atoms with Gasteiger partial charge in [-0.2, -0.15) is 0 Å². The molecule has 1 nitrogen and oxygen atoms in total. The molecule has 0 saturated carbocycles. The molecule has 0 aliphatic heterocycles. The fourth-order valence-electron chi connectivity index (χ4n) is 2.02. The van der Waals surface area contributed by atoms with Crippen LogP contribution in [0.15, 0.2) is 58.0 Å². The summed E-state index contributed by atoms with van der Waals surface area (Å²) in [6.07, 6.45) is 7.59. The molecule has 3 aromatic rings. The minimum Gasteiger partial charge on any atom is -0.298 e. The fourth-order valence-corrected chi connectivity index (χ4v) is 3.97. The number of halogens is 8. The van der Waals surface area contributed by atoms with Gasteiger partial charge in [0.25, 0.3) is 0 Å². The highest BCUT2D eigenvalue weighted by molar-refractivity contribution is 9.28. The van der Waals surface area contributed by atoms with Crippen molar-refractivity contribution in [3.8, 4) is 12.3 Å². The maximum absolute atomic E-state index is 10.3. The average molecular weight is 677 g/mol. The van der Waals surface area contributed by atoms with E-state index in [-0.39, 0.29) is 0 Å². The Morgan fingerprint density at radius 1 is 0.688 bits per heavy atom. The van der Waals surface area contributed by atoms with Crippen molar-refractivity contribution >= 4 is 114 Å². The van der Waals surface area contributed by atoms with Crippen LogP contribution in [0.2, 0.25) is 30.1 Å². The van der Waals surface area contributed by atoms with E-state index in [2.05, 4.69) is 37.8 Å². The third-order valence-electron chi connectivity index (χ3n) is 3.48. The highest BCUT2D eigenvalue weighted by atomic mass is 79.9. The Morgan fingerprint density at radius 3 is 1.28 bits per heavy atom. The third kappa shape index (κ3) is 9.67. The highest BCUT2D eigenvalue weighted by Crippen LogP contribution is 2.29. The fraction of sp³-hybridized carbons (Fsp3) is 0. The lowest BCUT2D eigenvalue weighted by molar-refractivity contribution is 0.112. The zero-order valence-corrected chi connectivity index (χ0v) is 23.6. The summed E-state index contributed by atoms with van der Waals surface area (Å²) in [5, 5.41) is 3.10. The Morgan fingerprint density at radius 2 is 1.03 bits per heavy atom. The first-order valence-corrected chi connectivity index (χ1v) is 12.2. The van der Waals surface area contributed by atoms with Crippen molar-refractivity contribution in [2.75, 3.05) is 0 Å². The van der Waals surface area contributed by atoms with E-state index >= 15 is 0 Å². The Bertz CT molecular complexity index is 1090. The maximum atomic E-state index is 10.3. The number of aldehydes is 1. The molecule has 3 aromatic carbocycles. The summed E-state index contributed by atoms with van der Waals surface area (Å²) in [5.74, 6) is 2.40. The lowest BCUT2D eigenvalue weighted by Crippen LogP contribution is -1.81. The molecule has 0 bridgehead atoms. The first kappa shape index (κ1) is 29.4. The van der Waals surface area contributed by atoms with Crippen LogP contribution < -0.4 is 0 Å². The molecule has 0 spiro atoms. The molecule has 32 heavy (non-hydrogen) atoms. The van der Waals surface area contributed by atoms with E-state index in [1.54, 1.807) is 48.5 Å². The van der Waals surface area contributed by atoms with Crippen LogP contribution in [0.3, 0.4) is 0 Å². The van der Waals surface area contributed by atoms with E-state index in [0.29, 0.717) is 47.5 Å². The molecular weight excluding hydrogens is 665 g/mol. The second kappa shape index (κ2) is 15.3. The minimum atomic E-state index is 0.353. The first-order valence-electron chi connectivity index (χ1n) is 8.38. The third-order valence-corrected chi connectivity index (χ3v) is 5.88. The predicted octanol–water partition coefficient (Wildman–Crippen LogP) is 10.9. The van der Waals surface area contributed by atoms with Gasteiger partial charge in [0.05, 0.1) is 34.6 Å². The minimum absolute atomic E-state index is 0.353. The zero-order chi connectivity index (χ0) is 24.3. The van der Waals surface area contributed by atoms with Crippen LogP contribution in [0, 0.1) is 12.3 Å². The van der Waals surface area contributed by atoms with Crippen molar-refractivity contribution in [1.29, 1.82) is 0 Å². The second-order valence-corrected chi connectivity index (χ2v) is 10.8. The number of carbonyl (C=O) groups excluding carboxylic acids is 1. The van der Waals surface area contributed by atoms with Gasteiger partial charge >= 0.3 is 0 Å². The quantitative estimate of drug-likeness (QED) is 0.195. The number of hydrogen-bond donors (Lipinski definition) is 0. The van der Waals surface area contributed by atoms with Crippen molar-refractivity contribution in [2.45, 2.75) is 0 Å². The number of benzene rings is 3. The Labute approximate surface area is 233 Å². The Balaban J connectivity index is 0.000000241. The summed E-state index contributed by atoms with van der Waals surface area (Å²) >= 11 is 40.9. The summed E-state index contributed by atoms with van der Waals surface area (Å²) in [4.78, 5) is 10.3. The molecule has 166 valence electrons. The average Bonchev–Trinajstić information content (AvgIpc) is 2.72. The number of hydrogen-bond acceptors (Lipinski definition) is 1. The van der Waals surface area contributed by atoms with Crippen LogP contribution >= 0.6 is 101 Å². The molecule has 0 unspecified atom stereocenters. The van der Waals surface area contributed by atoms with Gasteiger partial charge in [0.15, 0.2) is 6.29 Å². The van der Waals surface area contributed by atoms with Crippen LogP contribution in [0.5, 0.6) is 0 Å². The molecule has 0 aliphatic rings. The lowest BCUT2D eigenvalue weighted by atomic mass is 10.2. The molecule has 0 aliphatic carbocycles. The molecular formula is C23H12Br2Cl6O. The van der Waals surface area contributed by atoms with Crippen molar-refractivity contribution in [3.63, 3.8) is 0 Å². The van der Waals surface area contributed by atoms with E-state index in [1.807, 2.05) is 12.1 Å². The number of rotatable bonds is 2. The first-order chi connectivity index (χ1) is 15.1. The van der Waals surface area contributed by atoms with Gasteiger partial charge < -0.3 is 0 Å². The molecule has 0 saturated heterocycles. The van der Waals surface area contributed by atoms with Crippen LogP contribution in [-0.4, -0.2) is 6.29 Å². The van der Waals surface area contributed by atoms with Crippen molar-refractivity contribution in [1.82, 2.24) is 0 Å². The zero-order valence-electron chi connectivity index (χ0n) is 15.9. The van der Waals surface area contributed by atoms with E-state index in [0.717, 1.165) is 8.96 Å². The van der Waals surface area contributed by atoms with E-state index in [1.165, 1.54) is 0 Å². The number of terminal acetylenes is 1. The van der Waals surface area contributed by atoms with Crippen LogP contribution in [0.4, 0.5) is 0 Å². The topological polar surface area (TPSA) is 17.1 Å². The van der Waals surface area contributed by atoms with Gasteiger partial charge in [-0.25, -0.2) is 0 Å². The highest BCUT2D eigenvalue weighted by Gasteiger charge is 2.02. The molecule has 0 radical (unpaired) electrons. The van der Waals surface area contributed by atoms with Crippen LogP contribution in [0.25, 0.3) is 6.08 Å². The summed E-state index contributed by atoms with van der Waals surface area (Å²) in [7, 11) is 0. The van der Waals surface area contributed by atoms with Gasteiger partial charge in [-0.1, -0.05) is 93.7 Å².